The molecule has 0 aromatic carbocycles. The van der Waals surface area contributed by atoms with Gasteiger partial charge in [-0.3, -0.25) is 14.3 Å². The highest BCUT2D eigenvalue weighted by Crippen LogP contribution is 2.24. The van der Waals surface area contributed by atoms with Crippen molar-refractivity contribution in [1.82, 2.24) is 19.6 Å². The number of aromatic nitrogens is 2. The van der Waals surface area contributed by atoms with Crippen LogP contribution >= 0.6 is 0 Å². The highest BCUT2D eigenvalue weighted by Gasteiger charge is 2.43. The number of likely N-dealkylation sites (tertiary alicyclic amines) is 1. The van der Waals surface area contributed by atoms with E-state index in [4.69, 9.17) is 4.74 Å². The van der Waals surface area contributed by atoms with Crippen LogP contribution < -0.4 is 0 Å². The standard InChI is InChI=1S/C16H24N4O3/c1-10(2)5-11-6-12(19(4)17-11)16(22)20-7-13-14(8-20)23-9-15(21)18(13)3/h6,10,13-14H,5,7-9H2,1-4H3/t13-,14-/m0/s1. The number of aryl methyl sites for hydroxylation is 1. The molecule has 0 radical (unpaired) electrons. The van der Waals surface area contributed by atoms with Crippen LogP contribution in [0, 0.1) is 5.92 Å². The Bertz CT molecular complexity index is 625. The Balaban J connectivity index is 1.74. The van der Waals surface area contributed by atoms with Gasteiger partial charge in [0.1, 0.15) is 12.3 Å². The summed E-state index contributed by atoms with van der Waals surface area (Å²) in [5.74, 6) is 0.421. The quantitative estimate of drug-likeness (QED) is 0.803. The number of hydrogen-bond acceptors (Lipinski definition) is 4. The zero-order valence-corrected chi connectivity index (χ0v) is 14.2. The molecule has 3 rings (SSSR count). The number of carbonyl (C=O) groups excluding carboxylic acids is 2. The van der Waals surface area contributed by atoms with Crippen molar-refractivity contribution in [2.75, 3.05) is 26.7 Å². The van der Waals surface area contributed by atoms with Crippen molar-refractivity contribution in [2.45, 2.75) is 32.4 Å². The van der Waals surface area contributed by atoms with Gasteiger partial charge >= 0.3 is 0 Å². The molecule has 23 heavy (non-hydrogen) atoms. The lowest BCUT2D eigenvalue weighted by Crippen LogP contribution is -2.51. The van der Waals surface area contributed by atoms with Gasteiger partial charge in [0.15, 0.2) is 0 Å². The molecule has 0 bridgehead atoms. The molecule has 2 saturated heterocycles. The molecule has 1 aromatic rings. The van der Waals surface area contributed by atoms with E-state index in [0.717, 1.165) is 12.1 Å². The van der Waals surface area contributed by atoms with E-state index >= 15 is 0 Å². The van der Waals surface area contributed by atoms with Crippen LogP contribution in [-0.4, -0.2) is 70.3 Å². The number of likely N-dealkylation sites (N-methyl/N-ethyl adjacent to an activating group) is 1. The molecule has 0 N–H and O–H groups in total. The van der Waals surface area contributed by atoms with Crippen LogP contribution in [0.1, 0.15) is 30.0 Å². The highest BCUT2D eigenvalue weighted by molar-refractivity contribution is 5.93. The van der Waals surface area contributed by atoms with Crippen molar-refractivity contribution in [1.29, 1.82) is 0 Å². The Hall–Kier alpha value is -1.89. The molecule has 126 valence electrons. The molecule has 0 aliphatic carbocycles. The third-order valence-electron chi connectivity index (χ3n) is 4.60. The molecular formula is C16H24N4O3. The van der Waals surface area contributed by atoms with Crippen LogP contribution in [0.3, 0.4) is 0 Å². The molecule has 2 aliphatic heterocycles. The van der Waals surface area contributed by atoms with Crippen molar-refractivity contribution < 1.29 is 14.3 Å². The van der Waals surface area contributed by atoms with E-state index in [1.54, 1.807) is 28.6 Å². The minimum atomic E-state index is -0.0926. The zero-order chi connectivity index (χ0) is 16.7. The second-order valence-electron chi connectivity index (χ2n) is 6.87. The van der Waals surface area contributed by atoms with Crippen LogP contribution in [0.5, 0.6) is 0 Å². The molecule has 2 aliphatic rings. The largest absolute Gasteiger partial charge is 0.364 e. The Kier molecular flexibility index (Phi) is 4.14. The summed E-state index contributed by atoms with van der Waals surface area (Å²) in [6.07, 6.45) is 0.761. The van der Waals surface area contributed by atoms with E-state index in [0.29, 0.717) is 24.7 Å². The number of rotatable bonds is 3. The van der Waals surface area contributed by atoms with Gasteiger partial charge in [-0.05, 0) is 18.4 Å². The molecule has 7 nitrogen and oxygen atoms in total. The van der Waals surface area contributed by atoms with Crippen LogP contribution in [0.15, 0.2) is 6.07 Å². The molecule has 7 heteroatoms. The number of ether oxygens (including phenoxy) is 1. The van der Waals surface area contributed by atoms with E-state index < -0.39 is 0 Å². The molecule has 0 spiro atoms. The molecule has 2 atom stereocenters. The first-order chi connectivity index (χ1) is 10.9. The number of hydrogen-bond donors (Lipinski definition) is 0. The maximum atomic E-state index is 12.8. The van der Waals surface area contributed by atoms with Crippen molar-refractivity contribution in [3.05, 3.63) is 17.5 Å². The SMILES string of the molecule is CC(C)Cc1cc(C(=O)N2C[C@@H]3OCC(=O)N(C)[C@H]3C2)n(C)n1. The fourth-order valence-electron chi connectivity index (χ4n) is 3.33. The zero-order valence-electron chi connectivity index (χ0n) is 14.2. The lowest BCUT2D eigenvalue weighted by molar-refractivity contribution is -0.150. The normalized spacial score (nSPS) is 24.5. The summed E-state index contributed by atoms with van der Waals surface area (Å²) in [6, 6.07) is 1.82. The molecular weight excluding hydrogens is 296 g/mol. The lowest BCUT2D eigenvalue weighted by atomic mass is 10.1. The molecule has 2 fully saturated rings. The van der Waals surface area contributed by atoms with E-state index in [1.807, 2.05) is 6.07 Å². The predicted octanol–water partition coefficient (Wildman–Crippen LogP) is 0.300. The summed E-state index contributed by atoms with van der Waals surface area (Å²) in [4.78, 5) is 28.0. The van der Waals surface area contributed by atoms with E-state index in [9.17, 15) is 9.59 Å². The maximum Gasteiger partial charge on any atom is 0.272 e. The van der Waals surface area contributed by atoms with Gasteiger partial charge in [0.2, 0.25) is 5.91 Å². The van der Waals surface area contributed by atoms with Crippen molar-refractivity contribution in [3.8, 4) is 0 Å². The van der Waals surface area contributed by atoms with Gasteiger partial charge in [-0.1, -0.05) is 13.8 Å². The Labute approximate surface area is 136 Å². The minimum absolute atomic E-state index is 0.0275. The third-order valence-corrected chi connectivity index (χ3v) is 4.60. The Morgan fingerprint density at radius 3 is 2.83 bits per heavy atom. The number of carbonyl (C=O) groups is 2. The van der Waals surface area contributed by atoms with Gasteiger partial charge in [0.25, 0.3) is 5.91 Å². The van der Waals surface area contributed by atoms with E-state index in [1.165, 1.54) is 0 Å². The topological polar surface area (TPSA) is 67.7 Å². The van der Waals surface area contributed by atoms with E-state index in [2.05, 4.69) is 18.9 Å². The Morgan fingerprint density at radius 1 is 1.39 bits per heavy atom. The van der Waals surface area contributed by atoms with Crippen molar-refractivity contribution in [3.63, 3.8) is 0 Å². The van der Waals surface area contributed by atoms with Crippen LogP contribution in [-0.2, 0) is 23.0 Å². The first-order valence-electron chi connectivity index (χ1n) is 8.06. The molecule has 1 aromatic heterocycles. The summed E-state index contributed by atoms with van der Waals surface area (Å²) in [5.41, 5.74) is 1.53. The van der Waals surface area contributed by atoms with Gasteiger partial charge in [-0.25, -0.2) is 0 Å². The number of nitrogens with zero attached hydrogens (tertiary/aromatic N) is 4. The first kappa shape index (κ1) is 16.0. The fraction of sp³-hybridized carbons (Fsp3) is 0.688. The number of fused-ring (bicyclic) bond motifs is 1. The average molecular weight is 320 g/mol. The summed E-state index contributed by atoms with van der Waals surface area (Å²) >= 11 is 0. The first-order valence-corrected chi connectivity index (χ1v) is 8.06. The summed E-state index contributed by atoms with van der Waals surface area (Å²) in [5, 5.41) is 4.43. The lowest BCUT2D eigenvalue weighted by Gasteiger charge is -2.33. The third kappa shape index (κ3) is 2.97. The Morgan fingerprint density at radius 2 is 2.13 bits per heavy atom. The van der Waals surface area contributed by atoms with Gasteiger partial charge in [0.05, 0.1) is 17.8 Å². The molecule has 3 heterocycles. The van der Waals surface area contributed by atoms with Gasteiger partial charge in [-0.2, -0.15) is 5.10 Å². The van der Waals surface area contributed by atoms with E-state index in [-0.39, 0.29) is 30.6 Å². The number of morpholine rings is 1. The summed E-state index contributed by atoms with van der Waals surface area (Å²) < 4.78 is 7.23. The smallest absolute Gasteiger partial charge is 0.272 e. The van der Waals surface area contributed by atoms with Crippen molar-refractivity contribution in [2.24, 2.45) is 13.0 Å². The van der Waals surface area contributed by atoms with Gasteiger partial charge in [0, 0.05) is 27.2 Å². The molecule has 2 amide bonds. The second kappa shape index (κ2) is 5.96. The maximum absolute atomic E-state index is 12.8. The highest BCUT2D eigenvalue weighted by atomic mass is 16.5. The predicted molar refractivity (Wildman–Crippen MR) is 84.0 cm³/mol. The monoisotopic (exact) mass is 320 g/mol. The summed E-state index contributed by atoms with van der Waals surface area (Å²) in [7, 11) is 3.58. The average Bonchev–Trinajstić information content (AvgIpc) is 3.06. The summed E-state index contributed by atoms with van der Waals surface area (Å²) in [6.45, 7) is 5.39. The van der Waals surface area contributed by atoms with Crippen molar-refractivity contribution >= 4 is 11.8 Å². The second-order valence-corrected chi connectivity index (χ2v) is 6.87. The minimum Gasteiger partial charge on any atom is -0.364 e. The molecule has 0 unspecified atom stereocenters. The fourth-order valence-corrected chi connectivity index (χ4v) is 3.33. The van der Waals surface area contributed by atoms with Gasteiger partial charge < -0.3 is 14.5 Å². The number of amides is 2. The van der Waals surface area contributed by atoms with Crippen LogP contribution in [0.25, 0.3) is 0 Å². The van der Waals surface area contributed by atoms with Crippen LogP contribution in [0.2, 0.25) is 0 Å². The molecule has 0 saturated carbocycles. The van der Waals surface area contributed by atoms with Crippen LogP contribution in [0.4, 0.5) is 0 Å². The van der Waals surface area contributed by atoms with Gasteiger partial charge in [-0.15, -0.1) is 0 Å².